The summed E-state index contributed by atoms with van der Waals surface area (Å²) in [6.45, 7) is 10.0. The Morgan fingerprint density at radius 2 is 2.06 bits per heavy atom. The van der Waals surface area contributed by atoms with E-state index in [2.05, 4.69) is 38.3 Å². The van der Waals surface area contributed by atoms with Gasteiger partial charge in [0.05, 0.1) is 0 Å². The summed E-state index contributed by atoms with van der Waals surface area (Å²) < 4.78 is 0. The maximum absolute atomic E-state index is 3.92. The van der Waals surface area contributed by atoms with E-state index < -0.39 is 0 Å². The van der Waals surface area contributed by atoms with Crippen LogP contribution in [0.25, 0.3) is 0 Å². The van der Waals surface area contributed by atoms with Gasteiger partial charge in [0.2, 0.25) is 0 Å². The Morgan fingerprint density at radius 1 is 1.29 bits per heavy atom. The molecule has 1 saturated carbocycles. The van der Waals surface area contributed by atoms with Crippen molar-refractivity contribution in [1.82, 2.24) is 0 Å². The van der Waals surface area contributed by atoms with Gasteiger partial charge in [-0.1, -0.05) is 62.5 Å². The second-order valence-electron chi connectivity index (χ2n) is 4.97. The van der Waals surface area contributed by atoms with Gasteiger partial charge in [0.15, 0.2) is 0 Å². The maximum Gasteiger partial charge on any atom is 0.00598 e. The number of hydrogen-bond donors (Lipinski definition) is 0. The Bertz CT molecular complexity index is 400. The predicted octanol–water partition coefficient (Wildman–Crippen LogP) is 4.98. The van der Waals surface area contributed by atoms with Gasteiger partial charge in [-0.3, -0.25) is 0 Å². The lowest BCUT2D eigenvalue weighted by Gasteiger charge is -2.27. The Morgan fingerprint density at radius 3 is 2.59 bits per heavy atom. The predicted molar refractivity (Wildman–Crippen MR) is 75.8 cm³/mol. The summed E-state index contributed by atoms with van der Waals surface area (Å²) in [7, 11) is 0. The molecule has 0 bridgehead atoms. The molecule has 0 aromatic heterocycles. The van der Waals surface area contributed by atoms with Crippen molar-refractivity contribution in [3.63, 3.8) is 0 Å². The van der Waals surface area contributed by atoms with Crippen LogP contribution in [0, 0.1) is 11.8 Å². The third-order valence-electron chi connectivity index (χ3n) is 3.71. The second-order valence-corrected chi connectivity index (χ2v) is 4.97. The number of rotatable bonds is 5. The molecule has 0 radical (unpaired) electrons. The molecule has 1 atom stereocenters. The Hall–Kier alpha value is -1.30. The van der Waals surface area contributed by atoms with Crippen molar-refractivity contribution in [2.24, 2.45) is 11.8 Å². The number of allylic oxidation sites excluding steroid dienone is 8. The van der Waals surface area contributed by atoms with Gasteiger partial charge in [0, 0.05) is 5.92 Å². The van der Waals surface area contributed by atoms with Crippen LogP contribution in [0.5, 0.6) is 0 Å². The Labute approximate surface area is 105 Å². The van der Waals surface area contributed by atoms with E-state index in [0.29, 0.717) is 5.92 Å². The Balaban J connectivity index is 2.36. The highest BCUT2D eigenvalue weighted by Gasteiger charge is 2.33. The monoisotopic (exact) mass is 226 g/mol. The topological polar surface area (TPSA) is 0 Å². The van der Waals surface area contributed by atoms with Crippen LogP contribution >= 0.6 is 0 Å². The fraction of sp³-hybridized carbons (Fsp3) is 0.412. The van der Waals surface area contributed by atoms with Crippen LogP contribution in [0.1, 0.15) is 32.6 Å². The summed E-state index contributed by atoms with van der Waals surface area (Å²) in [5.74, 6) is 1.45. The summed E-state index contributed by atoms with van der Waals surface area (Å²) in [5.41, 5.74) is 4.33. The van der Waals surface area contributed by atoms with Crippen molar-refractivity contribution in [3.05, 3.63) is 60.3 Å². The quantitative estimate of drug-likeness (QED) is 0.620. The lowest BCUT2D eigenvalue weighted by molar-refractivity contribution is 0.598. The molecule has 0 heteroatoms. The lowest BCUT2D eigenvalue weighted by Crippen LogP contribution is -2.13. The van der Waals surface area contributed by atoms with E-state index >= 15 is 0 Å². The molecular weight excluding hydrogens is 204 g/mol. The minimum atomic E-state index is 0.600. The van der Waals surface area contributed by atoms with E-state index in [1.54, 1.807) is 5.57 Å². The minimum Gasteiger partial charge on any atom is -0.0991 e. The minimum absolute atomic E-state index is 0.600. The summed E-state index contributed by atoms with van der Waals surface area (Å²) in [5, 5.41) is 0. The zero-order chi connectivity index (χ0) is 12.3. The molecule has 0 amide bonds. The molecule has 0 spiro atoms. The van der Waals surface area contributed by atoms with Crippen molar-refractivity contribution < 1.29 is 0 Å². The molecule has 0 aliphatic heterocycles. The third-order valence-corrected chi connectivity index (χ3v) is 3.71. The smallest absolute Gasteiger partial charge is 0.00598 e. The molecule has 1 fully saturated rings. The lowest BCUT2D eigenvalue weighted by atomic mass is 9.77. The molecule has 0 aromatic carbocycles. The first kappa shape index (κ1) is 12.2. The summed E-state index contributed by atoms with van der Waals surface area (Å²) >= 11 is 0. The van der Waals surface area contributed by atoms with E-state index in [0.717, 1.165) is 5.92 Å². The molecule has 2 aliphatic rings. The van der Waals surface area contributed by atoms with Gasteiger partial charge >= 0.3 is 0 Å². The van der Waals surface area contributed by atoms with E-state index in [-0.39, 0.29) is 0 Å². The van der Waals surface area contributed by atoms with Crippen LogP contribution in [0.2, 0.25) is 0 Å². The molecule has 90 valence electrons. The summed E-state index contributed by atoms with van der Waals surface area (Å²) in [6.07, 6.45) is 15.8. The number of hydrogen-bond acceptors (Lipinski definition) is 0. The van der Waals surface area contributed by atoms with Crippen molar-refractivity contribution in [2.75, 3.05) is 0 Å². The molecule has 2 rings (SSSR count). The highest BCUT2D eigenvalue weighted by atomic mass is 14.4. The zero-order valence-electron chi connectivity index (χ0n) is 10.8. The first-order valence-electron chi connectivity index (χ1n) is 6.69. The van der Waals surface area contributed by atoms with E-state index in [4.69, 9.17) is 0 Å². The Kier molecular flexibility index (Phi) is 3.83. The molecule has 1 unspecified atom stereocenters. The normalized spacial score (nSPS) is 26.4. The van der Waals surface area contributed by atoms with Gasteiger partial charge in [-0.15, -0.1) is 0 Å². The first-order valence-corrected chi connectivity index (χ1v) is 6.69. The molecule has 0 N–H and O–H groups in total. The second kappa shape index (κ2) is 5.35. The van der Waals surface area contributed by atoms with Gasteiger partial charge in [0.1, 0.15) is 0 Å². The van der Waals surface area contributed by atoms with E-state index in [1.807, 2.05) is 12.2 Å². The van der Waals surface area contributed by atoms with Crippen molar-refractivity contribution >= 4 is 0 Å². The largest absolute Gasteiger partial charge is 0.0991 e. The average molecular weight is 226 g/mol. The maximum atomic E-state index is 3.92. The van der Waals surface area contributed by atoms with Crippen molar-refractivity contribution in [1.29, 1.82) is 0 Å². The van der Waals surface area contributed by atoms with E-state index in [9.17, 15) is 0 Å². The van der Waals surface area contributed by atoms with Crippen LogP contribution in [0.15, 0.2) is 60.3 Å². The van der Waals surface area contributed by atoms with Crippen molar-refractivity contribution in [3.8, 4) is 0 Å². The van der Waals surface area contributed by atoms with Gasteiger partial charge in [-0.2, -0.15) is 0 Å². The van der Waals surface area contributed by atoms with E-state index in [1.165, 1.54) is 36.8 Å². The third kappa shape index (κ3) is 2.52. The molecule has 0 saturated heterocycles. The molecule has 0 nitrogen and oxygen atoms in total. The van der Waals surface area contributed by atoms with Crippen LogP contribution in [0.3, 0.4) is 0 Å². The van der Waals surface area contributed by atoms with Crippen LogP contribution in [-0.4, -0.2) is 0 Å². The van der Waals surface area contributed by atoms with Gasteiger partial charge in [-0.25, -0.2) is 0 Å². The van der Waals surface area contributed by atoms with Crippen LogP contribution in [-0.2, 0) is 0 Å². The van der Waals surface area contributed by atoms with Gasteiger partial charge in [0.25, 0.3) is 0 Å². The molecule has 2 aliphatic carbocycles. The van der Waals surface area contributed by atoms with Gasteiger partial charge < -0.3 is 0 Å². The highest BCUT2D eigenvalue weighted by molar-refractivity contribution is 5.52. The first-order chi connectivity index (χ1) is 8.31. The summed E-state index contributed by atoms with van der Waals surface area (Å²) in [4.78, 5) is 0. The molecule has 0 heterocycles. The van der Waals surface area contributed by atoms with Crippen LogP contribution in [0.4, 0.5) is 0 Å². The summed E-state index contributed by atoms with van der Waals surface area (Å²) in [6, 6.07) is 0. The van der Waals surface area contributed by atoms with Crippen molar-refractivity contribution in [2.45, 2.75) is 32.6 Å². The molecule has 0 aromatic rings. The fourth-order valence-electron chi connectivity index (χ4n) is 2.75. The average Bonchev–Trinajstić information content (AvgIpc) is 3.15. The van der Waals surface area contributed by atoms with Gasteiger partial charge in [-0.05, 0) is 36.3 Å². The highest BCUT2D eigenvalue weighted by Crippen LogP contribution is 2.46. The zero-order valence-corrected chi connectivity index (χ0v) is 10.8. The van der Waals surface area contributed by atoms with Crippen LogP contribution < -0.4 is 0 Å². The standard InChI is InChI=1S/C17H22/c1-4-7-15-13(6-3)11-12-16(14-9-10-14)17(15)8-5-2/h4,6-7,11-12,14,17H,1,3,5,8-10H2,2H3/b15-7+. The SMILES string of the molecule is C=C/C=C1\C(C=C)=CC=C(C2CC2)C1CCC. The molecule has 17 heavy (non-hydrogen) atoms. The molecular formula is C17H22. The fourth-order valence-corrected chi connectivity index (χ4v) is 2.75.